The van der Waals surface area contributed by atoms with Gasteiger partial charge in [-0.1, -0.05) is 40.8 Å². The van der Waals surface area contributed by atoms with Gasteiger partial charge in [0.2, 0.25) is 5.91 Å². The van der Waals surface area contributed by atoms with Crippen LogP contribution in [-0.2, 0) is 4.79 Å². The Kier molecular flexibility index (Phi) is 5.10. The predicted molar refractivity (Wildman–Crippen MR) is 110 cm³/mol. The van der Waals surface area contributed by atoms with Crippen molar-refractivity contribution < 1.29 is 9.18 Å². The second kappa shape index (κ2) is 7.69. The zero-order valence-corrected chi connectivity index (χ0v) is 16.8. The summed E-state index contributed by atoms with van der Waals surface area (Å²) in [6, 6.07) is 10.5. The van der Waals surface area contributed by atoms with E-state index in [1.54, 1.807) is 12.4 Å². The number of nitrogens with zero attached hydrogens (tertiary/aromatic N) is 4. The van der Waals surface area contributed by atoms with Crippen molar-refractivity contribution in [2.45, 2.75) is 19.0 Å². The van der Waals surface area contributed by atoms with Crippen molar-refractivity contribution in [2.75, 3.05) is 11.1 Å². The summed E-state index contributed by atoms with van der Waals surface area (Å²) in [5, 5.41) is 11.9. The fourth-order valence-electron chi connectivity index (χ4n) is 2.80. The highest BCUT2D eigenvalue weighted by atomic mass is 32.2. The number of carbonyl (C=O) groups excluding carboxylic acids is 1. The van der Waals surface area contributed by atoms with Gasteiger partial charge < -0.3 is 5.32 Å². The van der Waals surface area contributed by atoms with Crippen molar-refractivity contribution in [2.24, 2.45) is 0 Å². The van der Waals surface area contributed by atoms with Gasteiger partial charge in [-0.05, 0) is 43.7 Å². The molecule has 2 aromatic heterocycles. The van der Waals surface area contributed by atoms with Crippen molar-refractivity contribution >= 4 is 44.4 Å². The molecule has 28 heavy (non-hydrogen) atoms. The minimum absolute atomic E-state index is 0.161. The minimum Gasteiger partial charge on any atom is -0.301 e. The van der Waals surface area contributed by atoms with Gasteiger partial charge in [0.05, 0.1) is 21.7 Å². The average Bonchev–Trinajstić information content (AvgIpc) is 3.26. The molecule has 6 nitrogen and oxygen atoms in total. The summed E-state index contributed by atoms with van der Waals surface area (Å²) in [4.78, 5) is 16.6. The molecule has 142 valence electrons. The maximum atomic E-state index is 13.3. The number of hydrogen-bond acceptors (Lipinski definition) is 6. The predicted octanol–water partition coefficient (Wildman–Crippen LogP) is 4.36. The van der Waals surface area contributed by atoms with Crippen LogP contribution in [0.25, 0.3) is 15.9 Å². The Bertz CT molecular complexity index is 1170. The Morgan fingerprint density at radius 2 is 2.11 bits per heavy atom. The van der Waals surface area contributed by atoms with Crippen LogP contribution in [-0.4, -0.2) is 31.4 Å². The van der Waals surface area contributed by atoms with Gasteiger partial charge in [0.25, 0.3) is 0 Å². The largest absolute Gasteiger partial charge is 0.301 e. The van der Waals surface area contributed by atoms with Crippen LogP contribution in [0.15, 0.2) is 47.9 Å². The molecule has 1 N–H and O–H groups in total. The van der Waals surface area contributed by atoms with Gasteiger partial charge in [0, 0.05) is 0 Å². The molecular formula is C19H16FN5OS2. The number of halogens is 1. The number of nitrogens with one attached hydrogen (secondary N) is 1. The average molecular weight is 414 g/mol. The van der Waals surface area contributed by atoms with Gasteiger partial charge in [0.1, 0.15) is 12.1 Å². The molecule has 2 aromatic carbocycles. The smallest absolute Gasteiger partial charge is 0.236 e. The molecule has 0 aliphatic heterocycles. The molecule has 9 heteroatoms. The number of rotatable bonds is 5. The van der Waals surface area contributed by atoms with E-state index < -0.39 is 0 Å². The molecule has 0 aliphatic carbocycles. The quantitative estimate of drug-likeness (QED) is 0.492. The SMILES string of the molecule is Cc1ccc(-n2cnnc2SCC(=O)Nc2nc3ccc(F)cc3s2)c(C)c1. The molecule has 0 unspecified atom stereocenters. The highest BCUT2D eigenvalue weighted by Gasteiger charge is 2.13. The van der Waals surface area contributed by atoms with E-state index in [1.807, 2.05) is 30.5 Å². The normalized spacial score (nSPS) is 11.1. The maximum Gasteiger partial charge on any atom is 0.236 e. The van der Waals surface area contributed by atoms with Crippen molar-refractivity contribution in [1.29, 1.82) is 0 Å². The third-order valence-corrected chi connectivity index (χ3v) is 5.93. The molecule has 2 heterocycles. The molecule has 0 radical (unpaired) electrons. The lowest BCUT2D eigenvalue weighted by atomic mass is 10.1. The number of hydrogen-bond donors (Lipinski definition) is 1. The number of fused-ring (bicyclic) bond motifs is 1. The van der Waals surface area contributed by atoms with Gasteiger partial charge in [-0.3, -0.25) is 9.36 Å². The summed E-state index contributed by atoms with van der Waals surface area (Å²) in [7, 11) is 0. The zero-order chi connectivity index (χ0) is 19.7. The van der Waals surface area contributed by atoms with E-state index in [4.69, 9.17) is 0 Å². The Labute approximate surface area is 168 Å². The van der Waals surface area contributed by atoms with Crippen LogP contribution < -0.4 is 5.32 Å². The van der Waals surface area contributed by atoms with Gasteiger partial charge in [0.15, 0.2) is 10.3 Å². The highest BCUT2D eigenvalue weighted by molar-refractivity contribution is 7.99. The van der Waals surface area contributed by atoms with Crippen LogP contribution in [0.4, 0.5) is 9.52 Å². The molecule has 0 aliphatic rings. The number of thiazole rings is 1. The van der Waals surface area contributed by atoms with E-state index in [9.17, 15) is 9.18 Å². The van der Waals surface area contributed by atoms with Crippen LogP contribution in [0.5, 0.6) is 0 Å². The molecule has 0 atom stereocenters. The van der Waals surface area contributed by atoms with Gasteiger partial charge in [-0.15, -0.1) is 10.2 Å². The Morgan fingerprint density at radius 1 is 1.25 bits per heavy atom. The fraction of sp³-hybridized carbons (Fsp3) is 0.158. The Morgan fingerprint density at radius 3 is 2.93 bits per heavy atom. The summed E-state index contributed by atoms with van der Waals surface area (Å²) in [6.07, 6.45) is 1.64. The second-order valence-corrected chi connectivity index (χ2v) is 8.21. The lowest BCUT2D eigenvalue weighted by molar-refractivity contribution is -0.113. The van der Waals surface area contributed by atoms with Gasteiger partial charge >= 0.3 is 0 Å². The van der Waals surface area contributed by atoms with E-state index in [0.717, 1.165) is 11.3 Å². The second-order valence-electron chi connectivity index (χ2n) is 6.24. The van der Waals surface area contributed by atoms with Crippen LogP contribution >= 0.6 is 23.1 Å². The first-order valence-electron chi connectivity index (χ1n) is 8.46. The van der Waals surface area contributed by atoms with Crippen LogP contribution in [0, 0.1) is 19.7 Å². The molecular weight excluding hydrogens is 397 g/mol. The van der Waals surface area contributed by atoms with Crippen molar-refractivity contribution in [3.63, 3.8) is 0 Å². The van der Waals surface area contributed by atoms with Crippen molar-refractivity contribution in [3.8, 4) is 5.69 Å². The standard InChI is InChI=1S/C19H16FN5OS2/c1-11-3-6-15(12(2)7-11)25-10-21-24-19(25)27-9-17(26)23-18-22-14-5-4-13(20)8-16(14)28-18/h3-8,10H,9H2,1-2H3,(H,22,23,26). The molecule has 0 spiro atoms. The van der Waals surface area contributed by atoms with E-state index in [0.29, 0.717) is 20.5 Å². The molecule has 0 saturated heterocycles. The number of benzene rings is 2. The summed E-state index contributed by atoms with van der Waals surface area (Å²) in [5.41, 5.74) is 3.92. The van der Waals surface area contributed by atoms with E-state index in [-0.39, 0.29) is 17.5 Å². The Balaban J connectivity index is 1.44. The molecule has 0 bridgehead atoms. The van der Waals surface area contributed by atoms with E-state index in [1.165, 1.54) is 40.8 Å². The topological polar surface area (TPSA) is 72.7 Å². The number of amides is 1. The van der Waals surface area contributed by atoms with Crippen LogP contribution in [0.1, 0.15) is 11.1 Å². The Hall–Kier alpha value is -2.78. The number of carbonyl (C=O) groups is 1. The minimum atomic E-state index is -0.324. The summed E-state index contributed by atoms with van der Waals surface area (Å²) < 4.78 is 15.8. The molecule has 0 fully saturated rings. The van der Waals surface area contributed by atoms with Crippen LogP contribution in [0.2, 0.25) is 0 Å². The van der Waals surface area contributed by atoms with Gasteiger partial charge in [-0.2, -0.15) is 0 Å². The fourth-order valence-corrected chi connectivity index (χ4v) is 4.43. The first-order chi connectivity index (χ1) is 13.5. The summed E-state index contributed by atoms with van der Waals surface area (Å²) >= 11 is 2.53. The number of thioether (sulfide) groups is 1. The lowest BCUT2D eigenvalue weighted by Crippen LogP contribution is -2.14. The molecule has 4 aromatic rings. The van der Waals surface area contributed by atoms with Crippen LogP contribution in [0.3, 0.4) is 0 Å². The van der Waals surface area contributed by atoms with Crippen molar-refractivity contribution in [3.05, 3.63) is 59.7 Å². The zero-order valence-electron chi connectivity index (χ0n) is 15.1. The number of aryl methyl sites for hydroxylation is 2. The number of aromatic nitrogens is 4. The third kappa shape index (κ3) is 3.90. The lowest BCUT2D eigenvalue weighted by Gasteiger charge is -2.10. The number of anilines is 1. The summed E-state index contributed by atoms with van der Waals surface area (Å²) in [6.45, 7) is 4.07. The van der Waals surface area contributed by atoms with E-state index in [2.05, 4.69) is 26.6 Å². The maximum absolute atomic E-state index is 13.3. The molecule has 0 saturated carbocycles. The molecule has 4 rings (SSSR count). The molecule has 1 amide bonds. The highest BCUT2D eigenvalue weighted by Crippen LogP contribution is 2.27. The monoisotopic (exact) mass is 413 g/mol. The van der Waals surface area contributed by atoms with Gasteiger partial charge in [-0.25, -0.2) is 9.37 Å². The third-order valence-electron chi connectivity index (χ3n) is 4.06. The van der Waals surface area contributed by atoms with Crippen molar-refractivity contribution in [1.82, 2.24) is 19.7 Å². The van der Waals surface area contributed by atoms with E-state index >= 15 is 0 Å². The summed E-state index contributed by atoms with van der Waals surface area (Å²) in [5.74, 6) is -0.372. The first kappa shape index (κ1) is 18.6. The first-order valence-corrected chi connectivity index (χ1v) is 10.3.